The van der Waals surface area contributed by atoms with Gasteiger partial charge in [-0.15, -0.1) is 0 Å². The van der Waals surface area contributed by atoms with Gasteiger partial charge in [0.25, 0.3) is 0 Å². The van der Waals surface area contributed by atoms with Crippen LogP contribution >= 0.6 is 0 Å². The third-order valence-corrected chi connectivity index (χ3v) is 4.19. The van der Waals surface area contributed by atoms with Crippen molar-refractivity contribution in [1.82, 2.24) is 14.9 Å². The van der Waals surface area contributed by atoms with E-state index in [0.717, 1.165) is 45.2 Å². The third-order valence-electron chi connectivity index (χ3n) is 4.19. The van der Waals surface area contributed by atoms with Crippen LogP contribution in [0.3, 0.4) is 0 Å². The molecule has 1 amide bonds. The number of hydrogen-bond acceptors (Lipinski definition) is 4. The van der Waals surface area contributed by atoms with Crippen molar-refractivity contribution < 1.29 is 9.53 Å². The van der Waals surface area contributed by atoms with E-state index in [2.05, 4.69) is 22.1 Å². The van der Waals surface area contributed by atoms with Crippen molar-refractivity contribution in [3.05, 3.63) is 30.6 Å². The van der Waals surface area contributed by atoms with Gasteiger partial charge >= 0.3 is 6.01 Å². The Morgan fingerprint density at radius 3 is 2.57 bits per heavy atom. The highest BCUT2D eigenvalue weighted by Crippen LogP contribution is 2.23. The van der Waals surface area contributed by atoms with Gasteiger partial charge < -0.3 is 9.64 Å². The molecule has 3 rings (SSSR count). The lowest BCUT2D eigenvalue weighted by molar-refractivity contribution is -0.137. The zero-order valence-electron chi connectivity index (χ0n) is 12.1. The summed E-state index contributed by atoms with van der Waals surface area (Å²) in [6, 6.07) is 2.20. The number of piperidine rings is 1. The molecule has 2 aliphatic rings. The molecule has 0 bridgehead atoms. The van der Waals surface area contributed by atoms with Crippen molar-refractivity contribution in [3.8, 4) is 6.01 Å². The quantitative estimate of drug-likeness (QED) is 0.800. The van der Waals surface area contributed by atoms with Gasteiger partial charge in [0.15, 0.2) is 0 Å². The summed E-state index contributed by atoms with van der Waals surface area (Å²) < 4.78 is 5.76. The Hall–Kier alpha value is -1.91. The molecule has 1 aliphatic heterocycles. The standard InChI is InChI=1S/C16H21N3O2/c20-15(13-5-2-1-3-6-13)19-11-7-14(8-12-19)21-16-17-9-4-10-18-16/h1-2,4,9-10,13-14H,3,5-8,11-12H2. The molecule has 112 valence electrons. The van der Waals surface area contributed by atoms with E-state index >= 15 is 0 Å². The molecule has 0 radical (unpaired) electrons. The largest absolute Gasteiger partial charge is 0.460 e. The summed E-state index contributed by atoms with van der Waals surface area (Å²) in [5, 5.41) is 0. The highest BCUT2D eigenvalue weighted by Gasteiger charge is 2.29. The lowest BCUT2D eigenvalue weighted by atomic mass is 9.92. The maximum Gasteiger partial charge on any atom is 0.316 e. The maximum absolute atomic E-state index is 12.4. The minimum Gasteiger partial charge on any atom is -0.460 e. The van der Waals surface area contributed by atoms with Crippen LogP contribution in [-0.2, 0) is 4.79 Å². The molecule has 1 atom stereocenters. The summed E-state index contributed by atoms with van der Waals surface area (Å²) in [7, 11) is 0. The molecule has 1 aromatic rings. The average molecular weight is 287 g/mol. The van der Waals surface area contributed by atoms with E-state index in [-0.39, 0.29) is 12.0 Å². The Balaban J connectivity index is 1.48. The van der Waals surface area contributed by atoms with Gasteiger partial charge in [0, 0.05) is 44.2 Å². The monoisotopic (exact) mass is 287 g/mol. The van der Waals surface area contributed by atoms with Crippen LogP contribution in [-0.4, -0.2) is 40.0 Å². The van der Waals surface area contributed by atoms with Gasteiger partial charge in [0.05, 0.1) is 0 Å². The maximum atomic E-state index is 12.4. The molecule has 5 nitrogen and oxygen atoms in total. The van der Waals surface area contributed by atoms with Crippen LogP contribution in [0.5, 0.6) is 6.01 Å². The highest BCUT2D eigenvalue weighted by molar-refractivity contribution is 5.79. The number of likely N-dealkylation sites (tertiary alicyclic amines) is 1. The molecular weight excluding hydrogens is 266 g/mol. The van der Waals surface area contributed by atoms with Gasteiger partial charge in [-0.3, -0.25) is 4.79 Å². The Bertz CT molecular complexity index is 496. The second-order valence-electron chi connectivity index (χ2n) is 5.66. The smallest absolute Gasteiger partial charge is 0.316 e. The molecule has 1 aliphatic carbocycles. The summed E-state index contributed by atoms with van der Waals surface area (Å²) >= 11 is 0. The van der Waals surface area contributed by atoms with Gasteiger partial charge in [-0.1, -0.05) is 12.2 Å². The number of hydrogen-bond donors (Lipinski definition) is 0. The zero-order valence-corrected chi connectivity index (χ0v) is 12.1. The van der Waals surface area contributed by atoms with E-state index in [4.69, 9.17) is 4.74 Å². The first-order valence-electron chi connectivity index (χ1n) is 7.70. The first kappa shape index (κ1) is 14.0. The molecule has 1 fully saturated rings. The molecule has 21 heavy (non-hydrogen) atoms. The molecule has 0 spiro atoms. The third kappa shape index (κ3) is 3.60. The first-order chi connectivity index (χ1) is 10.3. The lowest BCUT2D eigenvalue weighted by Gasteiger charge is -2.34. The number of amides is 1. The van der Waals surface area contributed by atoms with Gasteiger partial charge in [0.2, 0.25) is 5.91 Å². The fourth-order valence-electron chi connectivity index (χ4n) is 2.97. The predicted molar refractivity (Wildman–Crippen MR) is 78.7 cm³/mol. The minimum absolute atomic E-state index is 0.114. The molecule has 1 aromatic heterocycles. The van der Waals surface area contributed by atoms with Crippen LogP contribution in [0.25, 0.3) is 0 Å². The van der Waals surface area contributed by atoms with Crippen LogP contribution in [0.1, 0.15) is 32.1 Å². The van der Waals surface area contributed by atoms with Crippen molar-refractivity contribution in [3.63, 3.8) is 0 Å². The second-order valence-corrected chi connectivity index (χ2v) is 5.66. The van der Waals surface area contributed by atoms with Crippen molar-refractivity contribution >= 4 is 5.91 Å². The molecule has 0 saturated carbocycles. The highest BCUT2D eigenvalue weighted by atomic mass is 16.5. The van der Waals surface area contributed by atoms with Crippen molar-refractivity contribution in [2.24, 2.45) is 5.92 Å². The van der Waals surface area contributed by atoms with Crippen molar-refractivity contribution in [2.75, 3.05) is 13.1 Å². The molecule has 0 aromatic carbocycles. The summed E-state index contributed by atoms with van der Waals surface area (Å²) in [5.74, 6) is 0.499. The van der Waals surface area contributed by atoms with Crippen LogP contribution in [0.15, 0.2) is 30.6 Å². The Labute approximate surface area is 125 Å². The fourth-order valence-corrected chi connectivity index (χ4v) is 2.97. The van der Waals surface area contributed by atoms with E-state index in [1.807, 2.05) is 4.90 Å². The number of carbonyl (C=O) groups is 1. The Morgan fingerprint density at radius 2 is 1.90 bits per heavy atom. The Morgan fingerprint density at radius 1 is 1.14 bits per heavy atom. The molecule has 5 heteroatoms. The van der Waals surface area contributed by atoms with E-state index in [9.17, 15) is 4.79 Å². The van der Waals surface area contributed by atoms with Gasteiger partial charge in [0.1, 0.15) is 6.10 Å². The van der Waals surface area contributed by atoms with Crippen LogP contribution in [0.4, 0.5) is 0 Å². The average Bonchev–Trinajstić information content (AvgIpc) is 2.57. The summed E-state index contributed by atoms with van der Waals surface area (Å²) in [4.78, 5) is 22.6. The molecular formula is C16H21N3O2. The molecule has 0 N–H and O–H groups in total. The van der Waals surface area contributed by atoms with Crippen LogP contribution < -0.4 is 4.74 Å². The number of allylic oxidation sites excluding steroid dienone is 2. The van der Waals surface area contributed by atoms with Crippen molar-refractivity contribution in [1.29, 1.82) is 0 Å². The molecule has 1 unspecified atom stereocenters. The number of nitrogens with zero attached hydrogens (tertiary/aromatic N) is 3. The summed E-state index contributed by atoms with van der Waals surface area (Å²) in [6.45, 7) is 1.55. The normalized spacial score (nSPS) is 23.0. The fraction of sp³-hybridized carbons (Fsp3) is 0.562. The van der Waals surface area contributed by atoms with Crippen molar-refractivity contribution in [2.45, 2.75) is 38.2 Å². The van der Waals surface area contributed by atoms with Crippen LogP contribution in [0.2, 0.25) is 0 Å². The van der Waals surface area contributed by atoms with E-state index in [1.165, 1.54) is 0 Å². The number of rotatable bonds is 3. The summed E-state index contributed by atoms with van der Waals surface area (Å²) in [6.07, 6.45) is 12.4. The van der Waals surface area contributed by atoms with Crippen LogP contribution in [0, 0.1) is 5.92 Å². The second kappa shape index (κ2) is 6.70. The number of carbonyl (C=O) groups excluding carboxylic acids is 1. The molecule has 1 saturated heterocycles. The van der Waals surface area contributed by atoms with E-state index in [1.54, 1.807) is 18.5 Å². The molecule has 2 heterocycles. The predicted octanol–water partition coefficient (Wildman–Crippen LogP) is 2.20. The minimum atomic E-state index is 0.114. The zero-order chi connectivity index (χ0) is 14.5. The van der Waals surface area contributed by atoms with E-state index < -0.39 is 0 Å². The lowest BCUT2D eigenvalue weighted by Crippen LogP contribution is -2.44. The summed E-state index contributed by atoms with van der Waals surface area (Å²) in [5.41, 5.74) is 0. The number of ether oxygens (including phenoxy) is 1. The van der Waals surface area contributed by atoms with Gasteiger partial charge in [-0.2, -0.15) is 0 Å². The van der Waals surface area contributed by atoms with Gasteiger partial charge in [-0.05, 0) is 25.3 Å². The SMILES string of the molecule is O=C(C1CC=CCC1)N1CCC(Oc2ncccn2)CC1. The Kier molecular flexibility index (Phi) is 4.48. The number of aromatic nitrogens is 2. The van der Waals surface area contributed by atoms with Gasteiger partial charge in [-0.25, -0.2) is 9.97 Å². The first-order valence-corrected chi connectivity index (χ1v) is 7.70. The van der Waals surface area contributed by atoms with E-state index in [0.29, 0.717) is 11.9 Å². The topological polar surface area (TPSA) is 55.3 Å².